The number of nitrogens with one attached hydrogen (secondary N) is 1. The molecule has 25 heavy (non-hydrogen) atoms. The van der Waals surface area contributed by atoms with Crippen LogP contribution in [0.3, 0.4) is 0 Å². The SMILES string of the molecule is CSc1cccc(NC(=O)c2ccc(OCc3nc(C)cs3)cc2)c1. The molecule has 3 rings (SSSR count). The second kappa shape index (κ2) is 8.18. The van der Waals surface area contributed by atoms with E-state index in [-0.39, 0.29) is 5.91 Å². The van der Waals surface area contributed by atoms with Crippen molar-refractivity contribution in [1.82, 2.24) is 4.98 Å². The summed E-state index contributed by atoms with van der Waals surface area (Å²) in [4.78, 5) is 17.8. The number of nitrogens with zero attached hydrogens (tertiary/aromatic N) is 1. The molecule has 1 aromatic heterocycles. The Morgan fingerprint density at radius 3 is 2.72 bits per heavy atom. The van der Waals surface area contributed by atoms with Crippen LogP contribution in [0.5, 0.6) is 5.75 Å². The third kappa shape index (κ3) is 4.84. The minimum Gasteiger partial charge on any atom is -0.486 e. The molecule has 0 aliphatic heterocycles. The molecule has 128 valence electrons. The van der Waals surface area contributed by atoms with E-state index in [9.17, 15) is 4.79 Å². The zero-order valence-corrected chi connectivity index (χ0v) is 15.6. The first-order chi connectivity index (χ1) is 12.1. The summed E-state index contributed by atoms with van der Waals surface area (Å²) in [5, 5.41) is 5.85. The highest BCUT2D eigenvalue weighted by Crippen LogP contribution is 2.20. The van der Waals surface area contributed by atoms with Gasteiger partial charge in [0, 0.05) is 27.2 Å². The molecule has 1 heterocycles. The van der Waals surface area contributed by atoms with Gasteiger partial charge in [-0.3, -0.25) is 4.79 Å². The average molecular weight is 370 g/mol. The van der Waals surface area contributed by atoms with Crippen LogP contribution in [0.1, 0.15) is 21.1 Å². The number of amides is 1. The highest BCUT2D eigenvalue weighted by molar-refractivity contribution is 7.98. The highest BCUT2D eigenvalue weighted by Gasteiger charge is 2.07. The van der Waals surface area contributed by atoms with Gasteiger partial charge in [0.1, 0.15) is 17.4 Å². The van der Waals surface area contributed by atoms with Gasteiger partial charge in [-0.2, -0.15) is 0 Å². The first-order valence-electron chi connectivity index (χ1n) is 7.73. The maximum absolute atomic E-state index is 12.3. The lowest BCUT2D eigenvalue weighted by Crippen LogP contribution is -2.11. The van der Waals surface area contributed by atoms with Crippen molar-refractivity contribution >= 4 is 34.7 Å². The van der Waals surface area contributed by atoms with Crippen molar-refractivity contribution in [2.75, 3.05) is 11.6 Å². The van der Waals surface area contributed by atoms with E-state index in [0.717, 1.165) is 21.3 Å². The summed E-state index contributed by atoms with van der Waals surface area (Å²) in [7, 11) is 0. The molecule has 3 aromatic rings. The first-order valence-corrected chi connectivity index (χ1v) is 9.84. The minimum atomic E-state index is -0.139. The Balaban J connectivity index is 1.60. The molecule has 0 unspecified atom stereocenters. The van der Waals surface area contributed by atoms with E-state index in [4.69, 9.17) is 4.74 Å². The molecule has 0 atom stereocenters. The summed E-state index contributed by atoms with van der Waals surface area (Å²) in [5.74, 6) is 0.578. The van der Waals surface area contributed by atoms with Gasteiger partial charge in [0.2, 0.25) is 0 Å². The molecule has 0 radical (unpaired) electrons. The third-order valence-corrected chi connectivity index (χ3v) is 5.14. The Kier molecular flexibility index (Phi) is 5.73. The van der Waals surface area contributed by atoms with Gasteiger partial charge in [-0.1, -0.05) is 6.07 Å². The van der Waals surface area contributed by atoms with Gasteiger partial charge in [0.25, 0.3) is 5.91 Å². The zero-order valence-electron chi connectivity index (χ0n) is 14.0. The molecule has 4 nitrogen and oxygen atoms in total. The van der Waals surface area contributed by atoms with E-state index in [0.29, 0.717) is 17.9 Å². The molecule has 2 aromatic carbocycles. The molecule has 0 aliphatic rings. The number of aryl methyl sites for hydroxylation is 1. The first kappa shape index (κ1) is 17.5. The number of thioether (sulfide) groups is 1. The van der Waals surface area contributed by atoms with Crippen molar-refractivity contribution in [1.29, 1.82) is 0 Å². The number of thiazole rings is 1. The number of aromatic nitrogens is 1. The molecular formula is C19H18N2O2S2. The van der Waals surface area contributed by atoms with Crippen molar-refractivity contribution in [3.63, 3.8) is 0 Å². The van der Waals surface area contributed by atoms with Crippen LogP contribution < -0.4 is 10.1 Å². The van der Waals surface area contributed by atoms with Gasteiger partial charge in [0.05, 0.1) is 0 Å². The van der Waals surface area contributed by atoms with Crippen LogP contribution in [0.25, 0.3) is 0 Å². The van der Waals surface area contributed by atoms with E-state index < -0.39 is 0 Å². The zero-order chi connectivity index (χ0) is 17.6. The van der Waals surface area contributed by atoms with Crippen molar-refractivity contribution in [2.24, 2.45) is 0 Å². The quantitative estimate of drug-likeness (QED) is 0.620. The summed E-state index contributed by atoms with van der Waals surface area (Å²) in [6, 6.07) is 14.9. The summed E-state index contributed by atoms with van der Waals surface area (Å²) >= 11 is 3.22. The van der Waals surface area contributed by atoms with E-state index >= 15 is 0 Å². The normalized spacial score (nSPS) is 10.5. The largest absolute Gasteiger partial charge is 0.486 e. The Morgan fingerprint density at radius 1 is 1.24 bits per heavy atom. The maximum atomic E-state index is 12.3. The van der Waals surface area contributed by atoms with Crippen LogP contribution in [0.2, 0.25) is 0 Å². The molecule has 6 heteroatoms. The fourth-order valence-electron chi connectivity index (χ4n) is 2.22. The number of anilines is 1. The smallest absolute Gasteiger partial charge is 0.255 e. The van der Waals surface area contributed by atoms with Crippen LogP contribution in [-0.4, -0.2) is 17.1 Å². The fourth-order valence-corrected chi connectivity index (χ4v) is 3.36. The number of carbonyl (C=O) groups is 1. The predicted molar refractivity (Wildman–Crippen MR) is 104 cm³/mol. The standard InChI is InChI=1S/C19H18N2O2S2/c1-13-12-25-18(20-13)11-23-16-8-6-14(7-9-16)19(22)21-15-4-3-5-17(10-15)24-2/h3-10,12H,11H2,1-2H3,(H,21,22). The number of rotatable bonds is 6. The number of hydrogen-bond donors (Lipinski definition) is 1. The van der Waals surface area contributed by atoms with E-state index in [2.05, 4.69) is 10.3 Å². The number of benzene rings is 2. The Labute approximate surface area is 155 Å². The number of hydrogen-bond acceptors (Lipinski definition) is 5. The van der Waals surface area contributed by atoms with Crippen LogP contribution in [0, 0.1) is 6.92 Å². The summed E-state index contributed by atoms with van der Waals surface area (Å²) in [6.07, 6.45) is 2.01. The lowest BCUT2D eigenvalue weighted by molar-refractivity contribution is 0.102. The topological polar surface area (TPSA) is 51.2 Å². The number of carbonyl (C=O) groups excluding carboxylic acids is 1. The molecule has 0 fully saturated rings. The minimum absolute atomic E-state index is 0.139. The van der Waals surface area contributed by atoms with Gasteiger partial charge in [-0.05, 0) is 55.6 Å². The Bertz CT molecular complexity index is 860. The highest BCUT2D eigenvalue weighted by atomic mass is 32.2. The molecule has 0 saturated carbocycles. The molecule has 0 saturated heterocycles. The van der Waals surface area contributed by atoms with Gasteiger partial charge < -0.3 is 10.1 Å². The molecular weight excluding hydrogens is 352 g/mol. The second-order valence-corrected chi connectivity index (χ2v) is 7.20. The van der Waals surface area contributed by atoms with Crippen LogP contribution >= 0.6 is 23.1 Å². The second-order valence-electron chi connectivity index (χ2n) is 5.38. The van der Waals surface area contributed by atoms with E-state index in [1.807, 2.05) is 42.8 Å². The van der Waals surface area contributed by atoms with Crippen LogP contribution in [-0.2, 0) is 6.61 Å². The Morgan fingerprint density at radius 2 is 2.04 bits per heavy atom. The van der Waals surface area contributed by atoms with Crippen molar-refractivity contribution in [3.8, 4) is 5.75 Å². The summed E-state index contributed by atoms with van der Waals surface area (Å²) < 4.78 is 5.70. The maximum Gasteiger partial charge on any atom is 0.255 e. The molecule has 0 aliphatic carbocycles. The van der Waals surface area contributed by atoms with Crippen LogP contribution in [0.4, 0.5) is 5.69 Å². The van der Waals surface area contributed by atoms with Gasteiger partial charge >= 0.3 is 0 Å². The van der Waals surface area contributed by atoms with Gasteiger partial charge in [0.15, 0.2) is 0 Å². The summed E-state index contributed by atoms with van der Waals surface area (Å²) in [5.41, 5.74) is 2.38. The molecule has 0 spiro atoms. The average Bonchev–Trinajstić information content (AvgIpc) is 3.06. The van der Waals surface area contributed by atoms with Crippen molar-refractivity contribution in [2.45, 2.75) is 18.4 Å². The fraction of sp³-hybridized carbons (Fsp3) is 0.158. The third-order valence-electron chi connectivity index (χ3n) is 3.47. The van der Waals surface area contributed by atoms with Gasteiger partial charge in [-0.25, -0.2) is 4.98 Å². The van der Waals surface area contributed by atoms with Crippen molar-refractivity contribution in [3.05, 3.63) is 70.2 Å². The number of ether oxygens (including phenoxy) is 1. The Hall–Kier alpha value is -2.31. The lowest BCUT2D eigenvalue weighted by atomic mass is 10.2. The lowest BCUT2D eigenvalue weighted by Gasteiger charge is -2.08. The molecule has 1 amide bonds. The van der Waals surface area contributed by atoms with E-state index in [1.54, 1.807) is 47.4 Å². The van der Waals surface area contributed by atoms with E-state index in [1.165, 1.54) is 0 Å². The summed E-state index contributed by atoms with van der Waals surface area (Å²) in [6.45, 7) is 2.40. The predicted octanol–water partition coefficient (Wildman–Crippen LogP) is 5.00. The molecule has 1 N–H and O–H groups in total. The monoisotopic (exact) mass is 370 g/mol. The van der Waals surface area contributed by atoms with Gasteiger partial charge in [-0.15, -0.1) is 23.1 Å². The van der Waals surface area contributed by atoms with Crippen LogP contribution in [0.15, 0.2) is 58.8 Å². The molecule has 0 bridgehead atoms. The van der Waals surface area contributed by atoms with Crippen molar-refractivity contribution < 1.29 is 9.53 Å².